The summed E-state index contributed by atoms with van der Waals surface area (Å²) in [5.74, 6) is 0. The summed E-state index contributed by atoms with van der Waals surface area (Å²) in [5, 5.41) is 0.439. The van der Waals surface area contributed by atoms with Crippen LogP contribution in [0.25, 0.3) is 0 Å². The van der Waals surface area contributed by atoms with Gasteiger partial charge in [-0.3, -0.25) is 9.59 Å². The van der Waals surface area contributed by atoms with E-state index in [9.17, 15) is 9.59 Å². The number of unbranched alkanes of at least 4 members (excludes halogenated alkanes) is 3. The van der Waals surface area contributed by atoms with Gasteiger partial charge in [-0.1, -0.05) is 72.8 Å². The van der Waals surface area contributed by atoms with Crippen LogP contribution in [0, 0.1) is 0 Å². The summed E-state index contributed by atoms with van der Waals surface area (Å²) in [5.41, 5.74) is 0. The first-order chi connectivity index (χ1) is 11.7. The molecule has 0 saturated heterocycles. The van der Waals surface area contributed by atoms with E-state index in [-0.39, 0.29) is 10.2 Å². The van der Waals surface area contributed by atoms with Crippen molar-refractivity contribution in [3.63, 3.8) is 0 Å². The molecule has 2 rings (SSSR count). The first-order valence-electron chi connectivity index (χ1n) is 8.25. The van der Waals surface area contributed by atoms with Crippen molar-refractivity contribution in [3.05, 3.63) is 60.7 Å². The maximum absolute atomic E-state index is 11.9. The summed E-state index contributed by atoms with van der Waals surface area (Å²) in [6.07, 6.45) is 5.02. The minimum absolute atomic E-state index is 0.219. The summed E-state index contributed by atoms with van der Waals surface area (Å²) in [6, 6.07) is 19.5. The van der Waals surface area contributed by atoms with E-state index in [1.54, 1.807) is 0 Å². The van der Waals surface area contributed by atoms with E-state index in [4.69, 9.17) is 0 Å². The quantitative estimate of drug-likeness (QED) is 0.409. The molecule has 0 aromatic heterocycles. The van der Waals surface area contributed by atoms with Crippen LogP contribution in [0.3, 0.4) is 0 Å². The molecule has 0 unspecified atom stereocenters. The van der Waals surface area contributed by atoms with Crippen LogP contribution in [-0.2, 0) is 9.59 Å². The minimum atomic E-state index is 0.219. The average Bonchev–Trinajstić information content (AvgIpc) is 2.60. The minimum Gasteiger partial charge on any atom is -0.287 e. The van der Waals surface area contributed by atoms with E-state index < -0.39 is 0 Å². The Morgan fingerprint density at radius 3 is 1.33 bits per heavy atom. The van der Waals surface area contributed by atoms with Gasteiger partial charge >= 0.3 is 0 Å². The number of carbonyl (C=O) groups is 2. The van der Waals surface area contributed by atoms with Crippen molar-refractivity contribution in [2.24, 2.45) is 0 Å². The highest BCUT2D eigenvalue weighted by atomic mass is 32.2. The molecule has 0 aliphatic rings. The van der Waals surface area contributed by atoms with E-state index in [0.29, 0.717) is 12.8 Å². The average molecular weight is 359 g/mol. The fourth-order valence-corrected chi connectivity index (χ4v) is 3.84. The topological polar surface area (TPSA) is 34.1 Å². The first-order valence-corrected chi connectivity index (χ1v) is 9.89. The van der Waals surface area contributed by atoms with Gasteiger partial charge in [0.05, 0.1) is 0 Å². The fourth-order valence-electron chi connectivity index (χ4n) is 2.23. The zero-order chi connectivity index (χ0) is 17.0. The molecule has 0 fully saturated rings. The van der Waals surface area contributed by atoms with Gasteiger partial charge in [0.2, 0.25) is 0 Å². The molecule has 0 amide bonds. The molecule has 2 aromatic carbocycles. The molecule has 2 nitrogen and oxygen atoms in total. The maximum atomic E-state index is 11.9. The van der Waals surface area contributed by atoms with E-state index in [1.165, 1.54) is 23.5 Å². The van der Waals surface area contributed by atoms with E-state index >= 15 is 0 Å². The predicted octanol–water partition coefficient (Wildman–Crippen LogP) is 5.96. The van der Waals surface area contributed by atoms with Crippen molar-refractivity contribution in [3.8, 4) is 0 Å². The molecule has 0 aliphatic heterocycles. The SMILES string of the molecule is O=C(CCCCCCC(=O)Sc1ccccc1)Sc1ccccc1. The molecule has 0 atom stereocenters. The third-order valence-corrected chi connectivity index (χ3v) is 5.34. The highest BCUT2D eigenvalue weighted by molar-refractivity contribution is 8.13. The molecule has 0 spiro atoms. The smallest absolute Gasteiger partial charge is 0.193 e. The summed E-state index contributed by atoms with van der Waals surface area (Å²) < 4.78 is 0. The lowest BCUT2D eigenvalue weighted by Gasteiger charge is -2.02. The summed E-state index contributed by atoms with van der Waals surface area (Å²) in [6.45, 7) is 0. The molecule has 0 heterocycles. The van der Waals surface area contributed by atoms with Gasteiger partial charge < -0.3 is 0 Å². The molecule has 24 heavy (non-hydrogen) atoms. The fraction of sp³-hybridized carbons (Fsp3) is 0.300. The third-order valence-electron chi connectivity index (χ3n) is 3.46. The van der Waals surface area contributed by atoms with Gasteiger partial charge in [-0.15, -0.1) is 0 Å². The van der Waals surface area contributed by atoms with E-state index in [0.717, 1.165) is 35.5 Å². The van der Waals surface area contributed by atoms with Crippen LogP contribution < -0.4 is 0 Å². The summed E-state index contributed by atoms with van der Waals surface area (Å²) in [7, 11) is 0. The van der Waals surface area contributed by atoms with Crippen LogP contribution in [0.15, 0.2) is 70.5 Å². The number of hydrogen-bond acceptors (Lipinski definition) is 4. The van der Waals surface area contributed by atoms with Gasteiger partial charge in [-0.2, -0.15) is 0 Å². The zero-order valence-corrected chi connectivity index (χ0v) is 15.3. The van der Waals surface area contributed by atoms with Crippen LogP contribution in [-0.4, -0.2) is 10.2 Å². The molecule has 0 N–H and O–H groups in total. The lowest BCUT2D eigenvalue weighted by atomic mass is 10.1. The van der Waals surface area contributed by atoms with Gasteiger partial charge in [-0.25, -0.2) is 0 Å². The molecule has 0 radical (unpaired) electrons. The number of benzene rings is 2. The second-order valence-electron chi connectivity index (χ2n) is 5.49. The highest BCUT2D eigenvalue weighted by Gasteiger charge is 2.06. The number of carbonyl (C=O) groups excluding carboxylic acids is 2. The lowest BCUT2D eigenvalue weighted by Crippen LogP contribution is -1.93. The van der Waals surface area contributed by atoms with Crippen LogP contribution in [0.4, 0.5) is 0 Å². The van der Waals surface area contributed by atoms with Gasteiger partial charge in [0.15, 0.2) is 10.2 Å². The predicted molar refractivity (Wildman–Crippen MR) is 102 cm³/mol. The Hall–Kier alpha value is -1.52. The molecule has 126 valence electrons. The van der Waals surface area contributed by atoms with E-state index in [2.05, 4.69) is 0 Å². The van der Waals surface area contributed by atoms with Crippen LogP contribution >= 0.6 is 23.5 Å². The Balaban J connectivity index is 1.50. The molecule has 0 bridgehead atoms. The van der Waals surface area contributed by atoms with Gasteiger partial charge in [-0.05, 0) is 37.1 Å². The van der Waals surface area contributed by atoms with Crippen molar-refractivity contribution < 1.29 is 9.59 Å². The van der Waals surface area contributed by atoms with Crippen LogP contribution in [0.2, 0.25) is 0 Å². The third kappa shape index (κ3) is 7.84. The Bertz CT molecular complexity index is 569. The zero-order valence-electron chi connectivity index (χ0n) is 13.6. The van der Waals surface area contributed by atoms with Crippen LogP contribution in [0.1, 0.15) is 38.5 Å². The highest BCUT2D eigenvalue weighted by Crippen LogP contribution is 2.22. The maximum Gasteiger partial charge on any atom is 0.193 e. The van der Waals surface area contributed by atoms with Crippen LogP contribution in [0.5, 0.6) is 0 Å². The standard InChI is InChI=1S/C20H22O2S2/c21-19(23-17-11-5-3-6-12-17)15-9-1-2-10-16-20(22)24-18-13-7-4-8-14-18/h3-8,11-14H,1-2,9-10,15-16H2. The molecule has 0 saturated carbocycles. The second kappa shape index (κ2) is 11.1. The molecule has 0 aliphatic carbocycles. The molecular formula is C20H22O2S2. The van der Waals surface area contributed by atoms with E-state index in [1.807, 2.05) is 60.7 Å². The number of rotatable bonds is 9. The van der Waals surface area contributed by atoms with Crippen molar-refractivity contribution in [2.45, 2.75) is 48.3 Å². The molecule has 2 aromatic rings. The van der Waals surface area contributed by atoms with Crippen molar-refractivity contribution in [1.29, 1.82) is 0 Å². The summed E-state index contributed by atoms with van der Waals surface area (Å²) >= 11 is 2.63. The summed E-state index contributed by atoms with van der Waals surface area (Å²) in [4.78, 5) is 25.7. The Morgan fingerprint density at radius 1 is 0.583 bits per heavy atom. The first kappa shape index (κ1) is 18.8. The van der Waals surface area contributed by atoms with Gasteiger partial charge in [0.1, 0.15) is 0 Å². The van der Waals surface area contributed by atoms with Gasteiger partial charge in [0.25, 0.3) is 0 Å². The van der Waals surface area contributed by atoms with Gasteiger partial charge in [0, 0.05) is 22.6 Å². The Kier molecular flexibility index (Phi) is 8.71. The molecule has 4 heteroatoms. The Morgan fingerprint density at radius 2 is 0.958 bits per heavy atom. The lowest BCUT2D eigenvalue weighted by molar-refractivity contribution is -0.112. The van der Waals surface area contributed by atoms with Crippen molar-refractivity contribution in [1.82, 2.24) is 0 Å². The second-order valence-corrected chi connectivity index (χ2v) is 7.75. The normalized spacial score (nSPS) is 10.5. The monoisotopic (exact) mass is 358 g/mol. The Labute approximate surface area is 152 Å². The van der Waals surface area contributed by atoms with Crippen molar-refractivity contribution >= 4 is 33.8 Å². The number of thioether (sulfide) groups is 2. The number of hydrogen-bond donors (Lipinski definition) is 0. The molecular weight excluding hydrogens is 336 g/mol. The van der Waals surface area contributed by atoms with Crippen molar-refractivity contribution in [2.75, 3.05) is 0 Å². The largest absolute Gasteiger partial charge is 0.287 e.